The smallest absolute Gasteiger partial charge is 0.257 e. The van der Waals surface area contributed by atoms with Gasteiger partial charge in [-0.3, -0.25) is 9.78 Å². The predicted molar refractivity (Wildman–Crippen MR) is 87.1 cm³/mol. The summed E-state index contributed by atoms with van der Waals surface area (Å²) in [5.74, 6) is 0.455. The Morgan fingerprint density at radius 1 is 1.22 bits per heavy atom. The second-order valence-corrected chi connectivity index (χ2v) is 5.11. The van der Waals surface area contributed by atoms with E-state index in [1.807, 2.05) is 24.4 Å². The lowest BCUT2D eigenvalue weighted by Gasteiger charge is -2.08. The molecule has 0 aliphatic heterocycles. The minimum atomic E-state index is -0.135. The van der Waals surface area contributed by atoms with E-state index in [0.29, 0.717) is 12.3 Å². The third-order valence-corrected chi connectivity index (χ3v) is 3.43. The highest BCUT2D eigenvalue weighted by atomic mass is 16.5. The van der Waals surface area contributed by atoms with Crippen molar-refractivity contribution >= 4 is 16.9 Å². The molecule has 3 aromatic rings. The van der Waals surface area contributed by atoms with Crippen molar-refractivity contribution < 1.29 is 9.53 Å². The Labute approximate surface area is 134 Å². The van der Waals surface area contributed by atoms with Crippen molar-refractivity contribution in [2.75, 3.05) is 13.2 Å². The Kier molecular flexibility index (Phi) is 4.83. The number of aryl methyl sites for hydroxylation is 1. The zero-order valence-electron chi connectivity index (χ0n) is 12.7. The van der Waals surface area contributed by atoms with E-state index in [2.05, 4.69) is 19.9 Å². The zero-order valence-corrected chi connectivity index (χ0v) is 12.7. The van der Waals surface area contributed by atoms with Gasteiger partial charge in [-0.25, -0.2) is 4.98 Å². The molecule has 0 saturated carbocycles. The number of aromatic nitrogens is 3. The fourth-order valence-corrected chi connectivity index (χ4v) is 2.31. The summed E-state index contributed by atoms with van der Waals surface area (Å²) in [5.41, 5.74) is 0.971. The Bertz CT molecular complexity index is 770. The molecule has 118 valence electrons. The molecule has 3 rings (SSSR count). The molecule has 6 heteroatoms. The van der Waals surface area contributed by atoms with Gasteiger partial charge in [0.2, 0.25) is 0 Å². The number of ether oxygens (including phenoxy) is 1. The van der Waals surface area contributed by atoms with Crippen molar-refractivity contribution in [2.24, 2.45) is 0 Å². The summed E-state index contributed by atoms with van der Waals surface area (Å²) < 4.78 is 7.43. The summed E-state index contributed by atoms with van der Waals surface area (Å²) >= 11 is 0. The predicted octanol–water partition coefficient (Wildman–Crippen LogP) is 2.02. The van der Waals surface area contributed by atoms with Crippen LogP contribution in [-0.4, -0.2) is 33.6 Å². The number of hydrogen-bond donors (Lipinski definition) is 1. The third-order valence-electron chi connectivity index (χ3n) is 3.43. The van der Waals surface area contributed by atoms with E-state index in [0.717, 1.165) is 24.0 Å². The molecule has 3 aromatic heterocycles. The number of hydrogen-bond acceptors (Lipinski definition) is 4. The van der Waals surface area contributed by atoms with Crippen LogP contribution in [0.5, 0.6) is 5.75 Å². The van der Waals surface area contributed by atoms with Crippen molar-refractivity contribution in [3.8, 4) is 5.75 Å². The van der Waals surface area contributed by atoms with Crippen LogP contribution < -0.4 is 10.1 Å². The number of pyridine rings is 2. The molecule has 0 radical (unpaired) electrons. The van der Waals surface area contributed by atoms with Crippen molar-refractivity contribution in [1.29, 1.82) is 0 Å². The highest BCUT2D eigenvalue weighted by Gasteiger charge is 2.04. The van der Waals surface area contributed by atoms with Gasteiger partial charge in [0.25, 0.3) is 5.91 Å². The molecular formula is C17H18N4O2. The highest BCUT2D eigenvalue weighted by Crippen LogP contribution is 2.12. The lowest BCUT2D eigenvalue weighted by atomic mass is 10.3. The van der Waals surface area contributed by atoms with Crippen LogP contribution in [0.4, 0.5) is 0 Å². The summed E-state index contributed by atoms with van der Waals surface area (Å²) in [6.45, 7) is 1.41. The molecule has 1 N–H and O–H groups in total. The fraction of sp³-hybridized carbons (Fsp3) is 0.235. The standard InChI is InChI=1S/C17H18N4O2/c22-16(13-23-15-5-2-7-18-12-15)19-9-3-10-21-11-6-14-4-1-8-20-17(14)21/h1-2,4-8,11-12H,3,9-10,13H2,(H,19,22). The molecule has 0 unspecified atom stereocenters. The van der Waals surface area contributed by atoms with Gasteiger partial charge in [0, 0.05) is 37.1 Å². The van der Waals surface area contributed by atoms with Gasteiger partial charge >= 0.3 is 0 Å². The van der Waals surface area contributed by atoms with Gasteiger partial charge in [-0.05, 0) is 36.8 Å². The molecule has 0 aliphatic rings. The van der Waals surface area contributed by atoms with Gasteiger partial charge in [0.1, 0.15) is 11.4 Å². The minimum absolute atomic E-state index is 0.000298. The van der Waals surface area contributed by atoms with E-state index in [9.17, 15) is 4.79 Å². The van der Waals surface area contributed by atoms with Crippen molar-refractivity contribution in [1.82, 2.24) is 19.9 Å². The van der Waals surface area contributed by atoms with Crippen LogP contribution in [-0.2, 0) is 11.3 Å². The number of carbonyl (C=O) groups excluding carboxylic acids is 1. The quantitative estimate of drug-likeness (QED) is 0.678. The van der Waals surface area contributed by atoms with E-state index in [4.69, 9.17) is 4.74 Å². The topological polar surface area (TPSA) is 69.0 Å². The monoisotopic (exact) mass is 310 g/mol. The maximum atomic E-state index is 11.7. The SMILES string of the molecule is O=C(COc1cccnc1)NCCCn1ccc2cccnc21. The third kappa shape index (κ3) is 4.06. The van der Waals surface area contributed by atoms with E-state index in [1.165, 1.54) is 0 Å². The van der Waals surface area contributed by atoms with Crippen molar-refractivity contribution in [2.45, 2.75) is 13.0 Å². The molecular weight excluding hydrogens is 292 g/mol. The number of amides is 1. The average Bonchev–Trinajstić information content (AvgIpc) is 3.01. The number of rotatable bonds is 7. The van der Waals surface area contributed by atoms with Gasteiger partial charge in [-0.2, -0.15) is 0 Å². The van der Waals surface area contributed by atoms with Crippen LogP contribution >= 0.6 is 0 Å². The van der Waals surface area contributed by atoms with E-state index in [1.54, 1.807) is 30.7 Å². The van der Waals surface area contributed by atoms with Crippen molar-refractivity contribution in [3.63, 3.8) is 0 Å². The van der Waals surface area contributed by atoms with Crippen LogP contribution in [0, 0.1) is 0 Å². The van der Waals surface area contributed by atoms with Crippen LogP contribution in [0.15, 0.2) is 55.1 Å². The van der Waals surface area contributed by atoms with Crippen LogP contribution in [0.3, 0.4) is 0 Å². The lowest BCUT2D eigenvalue weighted by Crippen LogP contribution is -2.30. The molecule has 1 amide bonds. The summed E-state index contributed by atoms with van der Waals surface area (Å²) in [4.78, 5) is 20.0. The molecule has 6 nitrogen and oxygen atoms in total. The number of nitrogens with zero attached hydrogens (tertiary/aromatic N) is 3. The average molecular weight is 310 g/mol. The zero-order chi connectivity index (χ0) is 15.9. The van der Waals surface area contributed by atoms with Crippen LogP contribution in [0.25, 0.3) is 11.0 Å². The first kappa shape index (κ1) is 15.0. The second kappa shape index (κ2) is 7.40. The highest BCUT2D eigenvalue weighted by molar-refractivity contribution is 5.77. The normalized spacial score (nSPS) is 10.6. The Morgan fingerprint density at radius 2 is 2.13 bits per heavy atom. The molecule has 0 fully saturated rings. The maximum Gasteiger partial charge on any atom is 0.257 e. The van der Waals surface area contributed by atoms with E-state index >= 15 is 0 Å². The first-order valence-corrected chi connectivity index (χ1v) is 7.52. The molecule has 0 bridgehead atoms. The fourth-order valence-electron chi connectivity index (χ4n) is 2.31. The first-order valence-electron chi connectivity index (χ1n) is 7.52. The maximum absolute atomic E-state index is 11.7. The van der Waals surface area contributed by atoms with Gasteiger partial charge < -0.3 is 14.6 Å². The van der Waals surface area contributed by atoms with E-state index in [-0.39, 0.29) is 12.5 Å². The van der Waals surface area contributed by atoms with E-state index < -0.39 is 0 Å². The summed E-state index contributed by atoms with van der Waals surface area (Å²) in [5, 5.41) is 3.97. The van der Waals surface area contributed by atoms with Gasteiger partial charge in [-0.15, -0.1) is 0 Å². The minimum Gasteiger partial charge on any atom is -0.482 e. The Hall–Kier alpha value is -2.89. The Morgan fingerprint density at radius 3 is 3.00 bits per heavy atom. The van der Waals surface area contributed by atoms with Gasteiger partial charge in [0.05, 0.1) is 6.20 Å². The first-order chi connectivity index (χ1) is 11.3. The molecule has 0 atom stereocenters. The van der Waals surface area contributed by atoms with Crippen LogP contribution in [0.2, 0.25) is 0 Å². The number of nitrogens with one attached hydrogen (secondary N) is 1. The molecule has 0 aromatic carbocycles. The number of fused-ring (bicyclic) bond motifs is 1. The largest absolute Gasteiger partial charge is 0.482 e. The van der Waals surface area contributed by atoms with Gasteiger partial charge in [0.15, 0.2) is 6.61 Å². The number of carbonyl (C=O) groups is 1. The molecule has 3 heterocycles. The summed E-state index contributed by atoms with van der Waals surface area (Å²) in [7, 11) is 0. The second-order valence-electron chi connectivity index (χ2n) is 5.11. The van der Waals surface area contributed by atoms with Crippen molar-refractivity contribution in [3.05, 3.63) is 55.1 Å². The summed E-state index contributed by atoms with van der Waals surface area (Å²) in [6.07, 6.45) is 7.88. The van der Waals surface area contributed by atoms with Crippen LogP contribution in [0.1, 0.15) is 6.42 Å². The lowest BCUT2D eigenvalue weighted by molar-refractivity contribution is -0.123. The summed E-state index contributed by atoms with van der Waals surface area (Å²) in [6, 6.07) is 9.54. The van der Waals surface area contributed by atoms with Gasteiger partial charge in [-0.1, -0.05) is 0 Å². The molecule has 23 heavy (non-hydrogen) atoms. The molecule has 0 spiro atoms. The Balaban J connectivity index is 1.39. The molecule has 0 aliphatic carbocycles. The molecule has 0 saturated heterocycles.